The zero-order chi connectivity index (χ0) is 45.5. The van der Waals surface area contributed by atoms with Crippen molar-refractivity contribution in [2.24, 2.45) is 5.92 Å². The van der Waals surface area contributed by atoms with E-state index in [0.717, 1.165) is 99.3 Å². The van der Waals surface area contributed by atoms with Crippen molar-refractivity contribution in [3.8, 4) is 22.6 Å². The van der Waals surface area contributed by atoms with E-state index in [1.54, 1.807) is 0 Å². The van der Waals surface area contributed by atoms with Crippen LogP contribution in [0.3, 0.4) is 0 Å². The molecule has 0 radical (unpaired) electrons. The van der Waals surface area contributed by atoms with E-state index in [4.69, 9.17) is 20.3 Å². The summed E-state index contributed by atoms with van der Waals surface area (Å²) in [5.74, 6) is 2.14. The van der Waals surface area contributed by atoms with Gasteiger partial charge in [0.2, 0.25) is 23.6 Å². The van der Waals surface area contributed by atoms with Crippen molar-refractivity contribution < 1.29 is 23.7 Å². The molecule has 0 spiro atoms. The Morgan fingerprint density at radius 2 is 1.45 bits per heavy atom. The molecule has 4 saturated heterocycles. The standard InChI is InChI=1S/C49H60N12O5/c1-29(2)61-48-43(47(50)52-28-53-48)44(56-61)45-42(46(66-57-45)34-3-4-34)37-10-7-35(26-51-37)33-17-23-60(24-18-33)41(64)25-40(63)59-21-13-30(14-22-59)27-58-19-15-32(16-20-58)31-5-8-36(9-6-31)54-38-11-12-39(62)55-49(38)65/h5-10,26,28-30,32-34,38,54H,3-4,11-25,27H2,1-2H3,(H2,50,52,53)(H,55,62,65). The van der Waals surface area contributed by atoms with Crippen LogP contribution >= 0.6 is 0 Å². The second kappa shape index (κ2) is 18.6. The molecule has 0 bridgehead atoms. The van der Waals surface area contributed by atoms with E-state index in [9.17, 15) is 19.2 Å². The Balaban J connectivity index is 0.671. The van der Waals surface area contributed by atoms with Gasteiger partial charge in [0, 0.05) is 63.0 Å². The van der Waals surface area contributed by atoms with Gasteiger partial charge in [-0.05, 0) is 132 Å². The Labute approximate surface area is 384 Å². The predicted octanol–water partition coefficient (Wildman–Crippen LogP) is 6.02. The normalized spacial score (nSPS) is 20.6. The van der Waals surface area contributed by atoms with Gasteiger partial charge in [-0.3, -0.25) is 29.5 Å². The monoisotopic (exact) mass is 896 g/mol. The van der Waals surface area contributed by atoms with E-state index >= 15 is 0 Å². The highest BCUT2D eigenvalue weighted by molar-refractivity contribution is 6.02. The van der Waals surface area contributed by atoms with Gasteiger partial charge in [0.15, 0.2) is 5.65 Å². The lowest BCUT2D eigenvalue weighted by Gasteiger charge is -2.38. The summed E-state index contributed by atoms with van der Waals surface area (Å²) in [6.07, 6.45) is 12.0. The third-order valence-corrected chi connectivity index (χ3v) is 14.6. The Hall–Kier alpha value is -6.23. The molecule has 1 saturated carbocycles. The maximum Gasteiger partial charge on any atom is 0.249 e. The summed E-state index contributed by atoms with van der Waals surface area (Å²) >= 11 is 0. The Kier molecular flexibility index (Phi) is 12.3. The molecular formula is C49H60N12O5. The lowest BCUT2D eigenvalue weighted by molar-refractivity contribution is -0.142. The Morgan fingerprint density at radius 3 is 2.11 bits per heavy atom. The van der Waals surface area contributed by atoms with Gasteiger partial charge in [0.05, 0.1) is 16.6 Å². The smallest absolute Gasteiger partial charge is 0.249 e. The number of carbonyl (C=O) groups is 4. The van der Waals surface area contributed by atoms with Crippen LogP contribution in [0.15, 0.2) is 53.4 Å². The predicted molar refractivity (Wildman–Crippen MR) is 248 cm³/mol. The molecule has 4 N–H and O–H groups in total. The van der Waals surface area contributed by atoms with E-state index in [2.05, 4.69) is 48.9 Å². The van der Waals surface area contributed by atoms with Crippen molar-refractivity contribution >= 4 is 46.2 Å². The van der Waals surface area contributed by atoms with E-state index in [1.807, 2.05) is 52.7 Å². The van der Waals surface area contributed by atoms with Crippen LogP contribution < -0.4 is 16.4 Å². The molecule has 346 valence electrons. The number of pyridine rings is 1. The van der Waals surface area contributed by atoms with E-state index in [1.165, 1.54) is 11.9 Å². The zero-order valence-corrected chi connectivity index (χ0v) is 38.0. The minimum absolute atomic E-state index is 0.0442. The lowest BCUT2D eigenvalue weighted by Crippen LogP contribution is -2.47. The molecule has 5 fully saturated rings. The number of carbonyl (C=O) groups excluding carboxylic acids is 4. The fraction of sp³-hybridized carbons (Fsp3) is 0.531. The molecule has 17 heteroatoms. The van der Waals surface area contributed by atoms with Gasteiger partial charge in [0.25, 0.3) is 0 Å². The summed E-state index contributed by atoms with van der Waals surface area (Å²) in [5, 5.41) is 15.8. The van der Waals surface area contributed by atoms with Crippen LogP contribution in [0.4, 0.5) is 11.5 Å². The van der Waals surface area contributed by atoms with Crippen molar-refractivity contribution in [3.63, 3.8) is 0 Å². The number of rotatable bonds is 12. The third-order valence-electron chi connectivity index (χ3n) is 14.6. The summed E-state index contributed by atoms with van der Waals surface area (Å²) in [4.78, 5) is 70.5. The van der Waals surface area contributed by atoms with Crippen LogP contribution in [0.25, 0.3) is 33.7 Å². The first kappa shape index (κ1) is 43.7. The number of likely N-dealkylation sites (tertiary alicyclic amines) is 3. The third kappa shape index (κ3) is 9.13. The molecule has 1 aromatic carbocycles. The van der Waals surface area contributed by atoms with Gasteiger partial charge in [-0.2, -0.15) is 5.10 Å². The molecule has 5 aliphatic rings. The quantitative estimate of drug-likeness (QED) is 0.0969. The molecule has 5 aromatic rings. The minimum Gasteiger partial charge on any atom is -0.383 e. The van der Waals surface area contributed by atoms with Crippen molar-refractivity contribution in [2.45, 2.75) is 114 Å². The second-order valence-electron chi connectivity index (χ2n) is 19.4. The Morgan fingerprint density at radius 1 is 0.788 bits per heavy atom. The molecule has 1 unspecified atom stereocenters. The van der Waals surface area contributed by atoms with E-state index in [-0.39, 0.29) is 54.0 Å². The number of benzene rings is 1. The summed E-state index contributed by atoms with van der Waals surface area (Å²) in [6, 6.07) is 12.2. The maximum absolute atomic E-state index is 13.4. The molecule has 17 nitrogen and oxygen atoms in total. The number of nitrogens with zero attached hydrogens (tertiary/aromatic N) is 9. The largest absolute Gasteiger partial charge is 0.383 e. The summed E-state index contributed by atoms with van der Waals surface area (Å²) in [7, 11) is 0. The van der Waals surface area contributed by atoms with Crippen LogP contribution in [-0.4, -0.2) is 120 Å². The maximum atomic E-state index is 13.4. The molecule has 4 aliphatic heterocycles. The van der Waals surface area contributed by atoms with Crippen molar-refractivity contribution in [3.05, 3.63) is 65.8 Å². The Bertz CT molecular complexity index is 2580. The van der Waals surface area contributed by atoms with Gasteiger partial charge in [-0.1, -0.05) is 23.4 Å². The van der Waals surface area contributed by atoms with Crippen LogP contribution in [0, 0.1) is 5.92 Å². The van der Waals surface area contributed by atoms with E-state index < -0.39 is 0 Å². The fourth-order valence-electron chi connectivity index (χ4n) is 10.5. The molecule has 4 aromatic heterocycles. The van der Waals surface area contributed by atoms with Gasteiger partial charge >= 0.3 is 0 Å². The number of imide groups is 1. The molecular weight excluding hydrogens is 837 g/mol. The first-order chi connectivity index (χ1) is 32.1. The first-order valence-electron chi connectivity index (χ1n) is 24.0. The fourth-order valence-corrected chi connectivity index (χ4v) is 10.5. The minimum atomic E-state index is -0.382. The zero-order valence-electron chi connectivity index (χ0n) is 38.0. The number of anilines is 2. The van der Waals surface area contributed by atoms with Crippen LogP contribution in [-0.2, 0) is 19.2 Å². The number of piperidine rings is 4. The summed E-state index contributed by atoms with van der Waals surface area (Å²) in [5.41, 5.74) is 13.2. The summed E-state index contributed by atoms with van der Waals surface area (Å²) in [6.45, 7) is 9.87. The number of hydrogen-bond acceptors (Lipinski definition) is 13. The van der Waals surface area contributed by atoms with Crippen molar-refractivity contribution in [1.82, 2.24) is 49.9 Å². The number of aromatic nitrogens is 6. The van der Waals surface area contributed by atoms with Crippen LogP contribution in [0.5, 0.6) is 0 Å². The van der Waals surface area contributed by atoms with Gasteiger partial charge in [0.1, 0.15) is 41.8 Å². The van der Waals surface area contributed by atoms with Crippen LogP contribution in [0.2, 0.25) is 0 Å². The number of fused-ring (bicyclic) bond motifs is 1. The van der Waals surface area contributed by atoms with Crippen molar-refractivity contribution in [2.75, 3.05) is 56.9 Å². The van der Waals surface area contributed by atoms with E-state index in [0.29, 0.717) is 79.1 Å². The average Bonchev–Trinajstić information content (AvgIpc) is 3.96. The number of nitrogens with one attached hydrogen (secondary N) is 2. The molecule has 4 amide bonds. The van der Waals surface area contributed by atoms with Gasteiger partial charge < -0.3 is 30.3 Å². The molecule has 1 atom stereocenters. The number of amides is 4. The molecule has 1 aliphatic carbocycles. The topological polar surface area (TPSA) is 211 Å². The highest BCUT2D eigenvalue weighted by Crippen LogP contribution is 2.48. The first-order valence-corrected chi connectivity index (χ1v) is 24.0. The summed E-state index contributed by atoms with van der Waals surface area (Å²) < 4.78 is 7.84. The number of nitrogens with two attached hydrogens (primary N) is 1. The lowest BCUT2D eigenvalue weighted by atomic mass is 9.88. The van der Waals surface area contributed by atoms with Crippen LogP contribution in [0.1, 0.15) is 125 Å². The highest BCUT2D eigenvalue weighted by Gasteiger charge is 2.36. The number of nitrogen functional groups attached to an aromatic ring is 1. The SMILES string of the molecule is CC(C)n1nc(-c2noc(C3CC3)c2-c2ccc(C3CCN(C(=O)CC(=O)N4CCC(CN5CCC(c6ccc(NC7CCC(=O)NC7=O)cc6)CC5)CC4)CC3)cn2)c2c(N)ncnc21. The average molecular weight is 897 g/mol. The number of hydrogen-bond donors (Lipinski definition) is 3. The van der Waals surface area contributed by atoms with Gasteiger partial charge in [-0.15, -0.1) is 0 Å². The molecule has 8 heterocycles. The second-order valence-corrected chi connectivity index (χ2v) is 19.4. The molecule has 66 heavy (non-hydrogen) atoms. The molecule has 10 rings (SSSR count). The highest BCUT2D eigenvalue weighted by atomic mass is 16.5. The van der Waals surface area contributed by atoms with Gasteiger partial charge in [-0.25, -0.2) is 14.6 Å². The van der Waals surface area contributed by atoms with Crippen molar-refractivity contribution in [1.29, 1.82) is 0 Å².